The number of alkyl halides is 3. The van der Waals surface area contributed by atoms with Crippen molar-refractivity contribution >= 4 is 17.6 Å². The molecule has 10 heteroatoms. The molecular formula is C46H48F3N2O5+. The van der Waals surface area contributed by atoms with Crippen molar-refractivity contribution in [3.05, 3.63) is 137 Å². The average molecular weight is 766 g/mol. The number of halogens is 3. The summed E-state index contributed by atoms with van der Waals surface area (Å²) in [7, 11) is 0. The highest BCUT2D eigenvalue weighted by Crippen LogP contribution is 2.68. The zero-order valence-corrected chi connectivity index (χ0v) is 31.5. The van der Waals surface area contributed by atoms with Crippen molar-refractivity contribution in [3.63, 3.8) is 0 Å². The van der Waals surface area contributed by atoms with Gasteiger partial charge in [-0.25, -0.2) is 0 Å². The highest BCUT2D eigenvalue weighted by Gasteiger charge is 2.72. The number of esters is 1. The molecule has 2 saturated heterocycles. The van der Waals surface area contributed by atoms with E-state index in [4.69, 9.17) is 9.47 Å². The molecule has 2 aliphatic heterocycles. The molecule has 4 aliphatic carbocycles. The quantitative estimate of drug-likeness (QED) is 0.0711. The predicted octanol–water partition coefficient (Wildman–Crippen LogP) is 8.55. The molecule has 2 N–H and O–H groups in total. The fourth-order valence-electron chi connectivity index (χ4n) is 11.5. The highest BCUT2D eigenvalue weighted by molar-refractivity contribution is 6.01. The van der Waals surface area contributed by atoms with Gasteiger partial charge in [-0.15, -0.1) is 0 Å². The number of quaternary nitrogens is 1. The number of ether oxygens (including phenoxy) is 2. The van der Waals surface area contributed by atoms with Crippen LogP contribution in [0.4, 0.5) is 13.2 Å². The van der Waals surface area contributed by atoms with Gasteiger partial charge in [-0.05, 0) is 54.0 Å². The van der Waals surface area contributed by atoms with Crippen molar-refractivity contribution in [1.29, 1.82) is 0 Å². The Hall–Kier alpha value is -4.67. The first-order chi connectivity index (χ1) is 26.9. The molecule has 3 aromatic carbocycles. The fourth-order valence-corrected chi connectivity index (χ4v) is 11.5. The van der Waals surface area contributed by atoms with Gasteiger partial charge in [0, 0.05) is 42.6 Å². The van der Waals surface area contributed by atoms with Crippen molar-refractivity contribution in [2.75, 3.05) is 19.6 Å². The van der Waals surface area contributed by atoms with E-state index >= 15 is 0 Å². The van der Waals surface area contributed by atoms with Crippen molar-refractivity contribution in [2.24, 2.45) is 17.3 Å². The molecule has 4 fully saturated rings. The molecule has 2 bridgehead atoms. The van der Waals surface area contributed by atoms with E-state index < -0.39 is 46.6 Å². The number of hydrogen-bond donors (Lipinski definition) is 2. The van der Waals surface area contributed by atoms with E-state index in [9.17, 15) is 27.9 Å². The maximum Gasteiger partial charge on any atom is 0.425 e. The van der Waals surface area contributed by atoms with Crippen LogP contribution in [0.2, 0.25) is 0 Å². The van der Waals surface area contributed by atoms with Crippen LogP contribution in [0.15, 0.2) is 120 Å². The van der Waals surface area contributed by atoms with Crippen LogP contribution in [-0.2, 0) is 19.1 Å². The number of amides is 1. The first-order valence-corrected chi connectivity index (χ1v) is 20.1. The van der Waals surface area contributed by atoms with Crippen LogP contribution in [-0.4, -0.2) is 71.3 Å². The lowest BCUT2D eigenvalue weighted by Crippen LogP contribution is -2.71. The van der Waals surface area contributed by atoms with Crippen molar-refractivity contribution in [2.45, 2.75) is 87.9 Å². The molecule has 3 aromatic rings. The Morgan fingerprint density at radius 3 is 2.20 bits per heavy atom. The zero-order valence-electron chi connectivity index (χ0n) is 31.5. The molecule has 6 aliphatic rings. The molecule has 2 saturated carbocycles. The Morgan fingerprint density at radius 1 is 0.946 bits per heavy atom. The molecule has 2 heterocycles. The SMILES string of the molecule is CC(=O)OC1(NC(=O)C(=C(O)c2ccccc2)C(F)(F)F)C=CC2=C3C1O[C@H]1CCC[C@H]4[C@@H](C2)[N+](CC2CC2)(CC(c2ccccc2)c2ccccc2)CC[C@]314. The summed E-state index contributed by atoms with van der Waals surface area (Å²) in [6.45, 7) is 4.18. The number of carbonyl (C=O) groups excluding carboxylic acids is 2. The number of benzene rings is 3. The van der Waals surface area contributed by atoms with E-state index in [1.54, 1.807) is 6.07 Å². The van der Waals surface area contributed by atoms with Gasteiger partial charge in [-0.2, -0.15) is 13.2 Å². The highest BCUT2D eigenvalue weighted by atomic mass is 19.4. The summed E-state index contributed by atoms with van der Waals surface area (Å²) in [6, 6.07) is 29.0. The van der Waals surface area contributed by atoms with Gasteiger partial charge in [0.25, 0.3) is 5.91 Å². The van der Waals surface area contributed by atoms with Gasteiger partial charge in [0.1, 0.15) is 11.9 Å². The third-order valence-corrected chi connectivity index (χ3v) is 13.8. The van der Waals surface area contributed by atoms with Gasteiger partial charge in [0.05, 0.1) is 37.7 Å². The molecule has 7 atom stereocenters. The summed E-state index contributed by atoms with van der Waals surface area (Å²) < 4.78 is 57.9. The van der Waals surface area contributed by atoms with E-state index in [-0.39, 0.29) is 23.5 Å². The van der Waals surface area contributed by atoms with Crippen molar-refractivity contribution in [1.82, 2.24) is 5.32 Å². The minimum Gasteiger partial charge on any atom is -0.506 e. The molecule has 56 heavy (non-hydrogen) atoms. The maximum absolute atomic E-state index is 14.7. The van der Waals surface area contributed by atoms with E-state index in [1.807, 2.05) is 6.08 Å². The summed E-state index contributed by atoms with van der Waals surface area (Å²) in [5, 5.41) is 13.4. The lowest BCUT2D eigenvalue weighted by molar-refractivity contribution is -0.965. The van der Waals surface area contributed by atoms with Crippen molar-refractivity contribution in [3.8, 4) is 0 Å². The molecule has 1 spiro atoms. The van der Waals surface area contributed by atoms with Crippen LogP contribution in [0.25, 0.3) is 5.76 Å². The molecule has 7 nitrogen and oxygen atoms in total. The minimum absolute atomic E-state index is 0.166. The number of rotatable bonds is 10. The van der Waals surface area contributed by atoms with E-state index in [0.29, 0.717) is 12.0 Å². The zero-order chi connectivity index (χ0) is 38.9. The Kier molecular flexibility index (Phi) is 9.08. The first kappa shape index (κ1) is 36.9. The Bertz CT molecular complexity index is 2060. The number of piperidine rings is 1. The minimum atomic E-state index is -5.22. The molecule has 292 valence electrons. The smallest absolute Gasteiger partial charge is 0.425 e. The Balaban J connectivity index is 1.12. The number of aliphatic hydroxyl groups excluding tert-OH is 1. The van der Waals surface area contributed by atoms with E-state index in [2.05, 4.69) is 66.0 Å². The van der Waals surface area contributed by atoms with Gasteiger partial charge in [0.15, 0.2) is 5.57 Å². The third kappa shape index (κ3) is 6.11. The summed E-state index contributed by atoms with van der Waals surface area (Å²) in [6.07, 6.45) is 3.69. The molecule has 9 rings (SSSR count). The lowest BCUT2D eigenvalue weighted by Gasteiger charge is -2.63. The maximum atomic E-state index is 14.7. The van der Waals surface area contributed by atoms with Crippen LogP contribution < -0.4 is 5.32 Å². The Labute approximate surface area is 325 Å². The second kappa shape index (κ2) is 13.8. The van der Waals surface area contributed by atoms with Crippen LogP contribution in [0, 0.1) is 17.3 Å². The lowest BCUT2D eigenvalue weighted by atomic mass is 9.49. The molecule has 1 amide bonds. The number of nitrogens with zero attached hydrogens (tertiary/aromatic N) is 1. The fraction of sp³-hybridized carbons (Fsp3) is 0.435. The summed E-state index contributed by atoms with van der Waals surface area (Å²) >= 11 is 0. The number of nitrogens with one attached hydrogen (secondary N) is 1. The summed E-state index contributed by atoms with van der Waals surface area (Å²) in [4.78, 5) is 26.8. The van der Waals surface area contributed by atoms with E-state index in [1.165, 1.54) is 61.2 Å². The van der Waals surface area contributed by atoms with Gasteiger partial charge in [-0.3, -0.25) is 9.59 Å². The van der Waals surface area contributed by atoms with Crippen LogP contribution in [0.1, 0.15) is 74.5 Å². The summed E-state index contributed by atoms with van der Waals surface area (Å²) in [5.74, 6) is -2.47. The van der Waals surface area contributed by atoms with Crippen LogP contribution in [0.5, 0.6) is 0 Å². The van der Waals surface area contributed by atoms with Crippen LogP contribution in [0.3, 0.4) is 0 Å². The summed E-state index contributed by atoms with van der Waals surface area (Å²) in [5.41, 5.74) is 0.247. The molecule has 0 radical (unpaired) electrons. The van der Waals surface area contributed by atoms with Gasteiger partial charge in [0.2, 0.25) is 5.72 Å². The first-order valence-electron chi connectivity index (χ1n) is 20.1. The van der Waals surface area contributed by atoms with Gasteiger partial charge in [-0.1, -0.05) is 103 Å². The molecule has 3 unspecified atom stereocenters. The number of hydrogen-bond acceptors (Lipinski definition) is 5. The predicted molar refractivity (Wildman–Crippen MR) is 205 cm³/mol. The number of allylic oxidation sites excluding steroid dienone is 1. The standard InChI is InChI=1S/C46H47F3N2O5/c1-29(52)56-45(50-43(54)40(46(47,48)49)41(53)33-16-9-4-10-17-33)23-22-34-26-37-36-18-11-19-38-44(36,39(34)42(45)55-38)24-25-51(37,27-30-20-21-30)28-35(31-12-5-2-6-13-31)32-14-7-3-8-15-32/h2-10,12-17,22-23,30,35-38,42H,11,18-21,24-28H2,1H3,(H-,50,53,54)/p+1/t36-,37+,38-,42?,44+,45?,51?/m0/s1. The molecular weight excluding hydrogens is 718 g/mol. The second-order valence-electron chi connectivity index (χ2n) is 16.9. The number of likely N-dealkylation sites (tertiary alicyclic amines) is 1. The van der Waals surface area contributed by atoms with Gasteiger partial charge < -0.3 is 24.4 Å². The van der Waals surface area contributed by atoms with Crippen LogP contribution >= 0.6 is 0 Å². The largest absolute Gasteiger partial charge is 0.506 e. The van der Waals surface area contributed by atoms with Crippen molar-refractivity contribution < 1.29 is 41.8 Å². The van der Waals surface area contributed by atoms with E-state index in [0.717, 1.165) is 67.4 Å². The normalized spacial score (nSPS) is 32.1. The van der Waals surface area contributed by atoms with Gasteiger partial charge >= 0.3 is 12.1 Å². The average Bonchev–Trinajstić information content (AvgIpc) is 3.93. The second-order valence-corrected chi connectivity index (χ2v) is 16.9. The Morgan fingerprint density at radius 2 is 1.59 bits per heavy atom. The third-order valence-electron chi connectivity index (χ3n) is 13.8. The monoisotopic (exact) mass is 765 g/mol. The molecule has 0 aromatic heterocycles. The number of aliphatic hydroxyl groups is 1. The topological polar surface area (TPSA) is 84.9 Å². The number of carbonyl (C=O) groups is 2.